The second-order valence-electron chi connectivity index (χ2n) is 5.35. The van der Waals surface area contributed by atoms with Crippen molar-refractivity contribution >= 4 is 29.2 Å². The molecule has 0 aliphatic carbocycles. The summed E-state index contributed by atoms with van der Waals surface area (Å²) < 4.78 is 18.5. The van der Waals surface area contributed by atoms with Crippen LogP contribution in [0.25, 0.3) is 11.1 Å². The smallest absolute Gasteiger partial charge is 0.413 e. The van der Waals surface area contributed by atoms with Gasteiger partial charge in [0.15, 0.2) is 5.78 Å². The van der Waals surface area contributed by atoms with Crippen molar-refractivity contribution < 1.29 is 18.7 Å². The number of rotatable bonds is 3. The Morgan fingerprint density at radius 3 is 2.46 bits per heavy atom. The number of ketones is 1. The fourth-order valence-corrected chi connectivity index (χ4v) is 2.80. The minimum absolute atomic E-state index is 0.240. The summed E-state index contributed by atoms with van der Waals surface area (Å²) in [5, 5.41) is 0.339. The van der Waals surface area contributed by atoms with Crippen molar-refractivity contribution in [2.45, 2.75) is 13.8 Å². The maximum absolute atomic E-state index is 13.7. The molecule has 126 valence electrons. The van der Waals surface area contributed by atoms with Gasteiger partial charge in [0, 0.05) is 23.2 Å². The molecular formula is C18H17ClFNO3. The van der Waals surface area contributed by atoms with Gasteiger partial charge in [-0.3, -0.25) is 9.69 Å². The fraction of sp³-hybridized carbons (Fsp3) is 0.222. The molecule has 0 atom stereocenters. The number of halogens is 2. The summed E-state index contributed by atoms with van der Waals surface area (Å²) >= 11 is 6.24. The van der Waals surface area contributed by atoms with Crippen molar-refractivity contribution in [3.63, 3.8) is 0 Å². The molecule has 4 nitrogen and oxygen atoms in total. The summed E-state index contributed by atoms with van der Waals surface area (Å²) in [6, 6.07) is 7.37. The number of methoxy groups -OCH3 is 1. The Labute approximate surface area is 144 Å². The Morgan fingerprint density at radius 1 is 1.25 bits per heavy atom. The van der Waals surface area contributed by atoms with Crippen LogP contribution < -0.4 is 4.90 Å². The lowest BCUT2D eigenvalue weighted by Gasteiger charge is -2.24. The second-order valence-corrected chi connectivity index (χ2v) is 5.76. The SMILES string of the molecule is COC(=O)N(C)c1c(C)c(Cl)cc(C(C)=O)c1-c1cccc(F)c1. The molecule has 0 bridgehead atoms. The van der Waals surface area contributed by atoms with E-state index in [0.29, 0.717) is 33.0 Å². The maximum Gasteiger partial charge on any atom is 0.413 e. The van der Waals surface area contributed by atoms with Gasteiger partial charge in [-0.05, 0) is 43.2 Å². The Hall–Kier alpha value is -2.40. The minimum Gasteiger partial charge on any atom is -0.452 e. The highest BCUT2D eigenvalue weighted by Crippen LogP contribution is 2.40. The number of Topliss-reactive ketones (excluding diaryl/α,β-unsaturated/α-hetero) is 1. The standard InChI is InChI=1S/C18H17ClFNO3/c1-10-15(19)9-14(11(2)22)16(12-6-5-7-13(20)8-12)17(10)21(3)18(23)24-4/h5-9H,1-4H3. The molecule has 2 rings (SSSR count). The van der Waals surface area contributed by atoms with E-state index >= 15 is 0 Å². The quantitative estimate of drug-likeness (QED) is 0.743. The molecule has 0 radical (unpaired) electrons. The second kappa shape index (κ2) is 7.01. The van der Waals surface area contributed by atoms with Crippen molar-refractivity contribution in [3.8, 4) is 11.1 Å². The molecular weight excluding hydrogens is 333 g/mol. The van der Waals surface area contributed by atoms with Gasteiger partial charge in [-0.25, -0.2) is 9.18 Å². The molecule has 2 aromatic rings. The number of carbonyl (C=O) groups excluding carboxylic acids is 2. The van der Waals surface area contributed by atoms with Crippen LogP contribution in [0.2, 0.25) is 5.02 Å². The Morgan fingerprint density at radius 2 is 1.92 bits per heavy atom. The average molecular weight is 350 g/mol. The van der Waals surface area contributed by atoms with Gasteiger partial charge in [0.2, 0.25) is 0 Å². The molecule has 0 aliphatic rings. The van der Waals surface area contributed by atoms with Gasteiger partial charge < -0.3 is 4.74 Å². The first-order valence-corrected chi connectivity index (χ1v) is 7.57. The van der Waals surface area contributed by atoms with Crippen LogP contribution in [-0.4, -0.2) is 26.0 Å². The Kier molecular flexibility index (Phi) is 5.24. The monoisotopic (exact) mass is 349 g/mol. The van der Waals surface area contributed by atoms with Crippen LogP contribution in [0.1, 0.15) is 22.8 Å². The molecule has 0 heterocycles. The molecule has 0 spiro atoms. The lowest BCUT2D eigenvalue weighted by molar-refractivity contribution is 0.101. The highest BCUT2D eigenvalue weighted by Gasteiger charge is 2.24. The minimum atomic E-state index is -0.618. The molecule has 0 N–H and O–H groups in total. The van der Waals surface area contributed by atoms with Gasteiger partial charge in [0.05, 0.1) is 12.8 Å². The lowest BCUT2D eigenvalue weighted by Crippen LogP contribution is -2.27. The third kappa shape index (κ3) is 3.26. The van der Waals surface area contributed by atoms with E-state index in [-0.39, 0.29) is 5.78 Å². The molecule has 1 amide bonds. The Bertz CT molecular complexity index is 820. The average Bonchev–Trinajstić information content (AvgIpc) is 2.55. The highest BCUT2D eigenvalue weighted by molar-refractivity contribution is 6.33. The predicted molar refractivity (Wildman–Crippen MR) is 92.4 cm³/mol. The number of hydrogen-bond donors (Lipinski definition) is 0. The van der Waals surface area contributed by atoms with Crippen LogP contribution in [0, 0.1) is 12.7 Å². The summed E-state index contributed by atoms with van der Waals surface area (Å²) in [5.41, 5.74) is 2.23. The maximum atomic E-state index is 13.7. The molecule has 6 heteroatoms. The van der Waals surface area contributed by atoms with Crippen LogP contribution in [-0.2, 0) is 4.74 Å². The zero-order chi connectivity index (χ0) is 18.0. The van der Waals surface area contributed by atoms with Crippen molar-refractivity contribution in [1.82, 2.24) is 0 Å². The van der Waals surface area contributed by atoms with Crippen LogP contribution in [0.5, 0.6) is 0 Å². The summed E-state index contributed by atoms with van der Waals surface area (Å²) in [5.74, 6) is -0.683. The number of benzene rings is 2. The van der Waals surface area contributed by atoms with Gasteiger partial charge >= 0.3 is 6.09 Å². The van der Waals surface area contributed by atoms with Gasteiger partial charge in [-0.1, -0.05) is 23.7 Å². The van der Waals surface area contributed by atoms with E-state index in [1.54, 1.807) is 19.1 Å². The number of carbonyl (C=O) groups is 2. The van der Waals surface area contributed by atoms with E-state index in [4.69, 9.17) is 16.3 Å². The summed E-state index contributed by atoms with van der Waals surface area (Å²) in [6.07, 6.45) is -0.618. The molecule has 0 saturated carbocycles. The van der Waals surface area contributed by atoms with Crippen LogP contribution in [0.3, 0.4) is 0 Å². The number of nitrogens with zero attached hydrogens (tertiary/aromatic N) is 1. The van der Waals surface area contributed by atoms with Gasteiger partial charge in [-0.15, -0.1) is 0 Å². The summed E-state index contributed by atoms with van der Waals surface area (Å²) in [7, 11) is 2.77. The highest BCUT2D eigenvalue weighted by atomic mass is 35.5. The topological polar surface area (TPSA) is 46.6 Å². The predicted octanol–water partition coefficient (Wildman–Crippen LogP) is 4.86. The largest absolute Gasteiger partial charge is 0.452 e. The van der Waals surface area contributed by atoms with E-state index in [1.165, 1.54) is 44.2 Å². The Balaban J connectivity index is 2.90. The number of hydrogen-bond acceptors (Lipinski definition) is 3. The van der Waals surface area contributed by atoms with Crippen molar-refractivity contribution in [2.75, 3.05) is 19.1 Å². The van der Waals surface area contributed by atoms with Crippen molar-refractivity contribution in [2.24, 2.45) is 0 Å². The van der Waals surface area contributed by atoms with Crippen LogP contribution >= 0.6 is 11.6 Å². The zero-order valence-corrected chi connectivity index (χ0v) is 14.6. The summed E-state index contributed by atoms with van der Waals surface area (Å²) in [6.45, 7) is 3.12. The van der Waals surface area contributed by atoms with Gasteiger partial charge in [0.1, 0.15) is 5.82 Å². The molecule has 0 aliphatic heterocycles. The first-order valence-electron chi connectivity index (χ1n) is 7.19. The van der Waals surface area contributed by atoms with Crippen LogP contribution in [0.4, 0.5) is 14.9 Å². The molecule has 24 heavy (non-hydrogen) atoms. The molecule has 0 fully saturated rings. The number of anilines is 1. The van der Waals surface area contributed by atoms with E-state index < -0.39 is 11.9 Å². The molecule has 2 aromatic carbocycles. The van der Waals surface area contributed by atoms with Crippen LogP contribution in [0.15, 0.2) is 30.3 Å². The molecule has 0 aromatic heterocycles. The van der Waals surface area contributed by atoms with Gasteiger partial charge in [0.25, 0.3) is 0 Å². The van der Waals surface area contributed by atoms with E-state index in [1.807, 2.05) is 0 Å². The van der Waals surface area contributed by atoms with Gasteiger partial charge in [-0.2, -0.15) is 0 Å². The molecule has 0 saturated heterocycles. The zero-order valence-electron chi connectivity index (χ0n) is 13.8. The first kappa shape index (κ1) is 17.9. The van der Waals surface area contributed by atoms with E-state index in [0.717, 1.165) is 0 Å². The molecule has 0 unspecified atom stereocenters. The van der Waals surface area contributed by atoms with E-state index in [2.05, 4.69) is 0 Å². The fourth-order valence-electron chi connectivity index (χ4n) is 2.60. The van der Waals surface area contributed by atoms with Crippen molar-refractivity contribution in [1.29, 1.82) is 0 Å². The normalized spacial score (nSPS) is 10.4. The third-order valence-corrected chi connectivity index (χ3v) is 4.16. The van der Waals surface area contributed by atoms with Crippen molar-refractivity contribution in [3.05, 3.63) is 52.3 Å². The third-order valence-electron chi connectivity index (χ3n) is 3.77. The number of amides is 1. The lowest BCUT2D eigenvalue weighted by atomic mass is 9.92. The summed E-state index contributed by atoms with van der Waals surface area (Å²) in [4.78, 5) is 25.4. The van der Waals surface area contributed by atoms with E-state index in [9.17, 15) is 14.0 Å². The number of ether oxygens (including phenoxy) is 1. The first-order chi connectivity index (χ1) is 11.3.